The fourth-order valence-corrected chi connectivity index (χ4v) is 6.71. The van der Waals surface area contributed by atoms with Crippen LogP contribution in [0.3, 0.4) is 0 Å². The molecule has 1 amide bonds. The number of aliphatic carboxylic acids is 1. The number of thiol groups is 1. The van der Waals surface area contributed by atoms with Crippen molar-refractivity contribution in [2.45, 2.75) is 30.0 Å². The lowest BCUT2D eigenvalue weighted by atomic mass is 9.92. The van der Waals surface area contributed by atoms with E-state index in [1.165, 1.54) is 30.4 Å². The Morgan fingerprint density at radius 3 is 2.79 bits per heavy atom. The van der Waals surface area contributed by atoms with Gasteiger partial charge in [-0.1, -0.05) is 41.7 Å². The van der Waals surface area contributed by atoms with Gasteiger partial charge in [0.25, 0.3) is 5.22 Å². The Labute approximate surface area is 180 Å². The number of β-lactam (4-membered cyclic amide) rings is 1. The Kier molecular flexibility index (Phi) is 5.51. The highest BCUT2D eigenvalue weighted by molar-refractivity contribution is 8.04. The van der Waals surface area contributed by atoms with Crippen molar-refractivity contribution in [3.8, 4) is 11.5 Å². The zero-order valence-electron chi connectivity index (χ0n) is 15.2. The Hall–Kier alpha value is -1.79. The number of rotatable bonds is 7. The summed E-state index contributed by atoms with van der Waals surface area (Å²) in [5.41, 5.74) is 0.676. The van der Waals surface area contributed by atoms with Crippen LogP contribution in [-0.4, -0.2) is 48.3 Å². The van der Waals surface area contributed by atoms with E-state index in [4.69, 9.17) is 4.42 Å². The number of benzene rings is 1. The predicted molar refractivity (Wildman–Crippen MR) is 108 cm³/mol. The molecule has 4 atom stereocenters. The Morgan fingerprint density at radius 1 is 1.41 bits per heavy atom. The number of aliphatic hydroxyl groups excluding tert-OH is 1. The van der Waals surface area contributed by atoms with Crippen molar-refractivity contribution in [3.05, 3.63) is 40.9 Å². The van der Waals surface area contributed by atoms with Gasteiger partial charge in [-0.2, -0.15) is 3.89 Å². The van der Waals surface area contributed by atoms with E-state index < -0.39 is 33.2 Å². The number of nitrogens with zero attached hydrogens (tertiary/aromatic N) is 3. The summed E-state index contributed by atoms with van der Waals surface area (Å²) >= 11 is 6.90. The van der Waals surface area contributed by atoms with Gasteiger partial charge >= 0.3 is 5.91 Å². The number of thioether (sulfide) groups is 2. The molecule has 0 radical (unpaired) electrons. The standard InChI is InChI=1S/C18H17N3O5S3/c1-9(22)12-15(23)21(27)13(17(24)25)11(29-16(12)21)7-8-28-18-20-19-14(26-18)10-5-3-2-4-6-10/h2-6,9,12,16,22,27H,7-8H2,1H3/t9-,12+,16-,21?/m1/s1. The van der Waals surface area contributed by atoms with Crippen molar-refractivity contribution in [3.63, 3.8) is 0 Å². The van der Waals surface area contributed by atoms with E-state index in [1.807, 2.05) is 30.3 Å². The van der Waals surface area contributed by atoms with Crippen molar-refractivity contribution in [1.82, 2.24) is 10.2 Å². The van der Waals surface area contributed by atoms with E-state index in [0.717, 1.165) is 5.56 Å². The number of carboxylic acids is 1. The fraction of sp³-hybridized carbons (Fsp3) is 0.333. The van der Waals surface area contributed by atoms with Crippen molar-refractivity contribution < 1.29 is 28.1 Å². The number of hydrogen-bond acceptors (Lipinski definition) is 10. The average molecular weight is 452 g/mol. The molecular weight excluding hydrogens is 434 g/mol. The van der Waals surface area contributed by atoms with Crippen LogP contribution in [0.5, 0.6) is 0 Å². The third-order valence-corrected chi connectivity index (χ3v) is 8.01. The Balaban J connectivity index is 1.45. The summed E-state index contributed by atoms with van der Waals surface area (Å²) in [5.74, 6) is -1.61. The molecule has 8 nitrogen and oxygen atoms in total. The molecule has 0 bridgehead atoms. The molecule has 152 valence electrons. The lowest BCUT2D eigenvalue weighted by Crippen LogP contribution is -2.69. The molecule has 1 aromatic heterocycles. The van der Waals surface area contributed by atoms with E-state index in [-0.39, 0.29) is 5.70 Å². The number of quaternary nitrogens is 1. The first kappa shape index (κ1) is 20.5. The first-order chi connectivity index (χ1) is 13.8. The van der Waals surface area contributed by atoms with E-state index in [1.54, 1.807) is 0 Å². The number of carbonyl (C=O) groups is 2. The summed E-state index contributed by atoms with van der Waals surface area (Å²) in [4.78, 5) is 24.7. The molecule has 2 aliphatic rings. The van der Waals surface area contributed by atoms with Gasteiger partial charge in [-0.15, -0.1) is 10.2 Å². The number of amides is 1. The van der Waals surface area contributed by atoms with Crippen molar-refractivity contribution in [1.29, 1.82) is 0 Å². The van der Waals surface area contributed by atoms with Crippen LogP contribution >= 0.6 is 36.3 Å². The Morgan fingerprint density at radius 2 is 2.14 bits per heavy atom. The molecule has 0 saturated carbocycles. The zero-order valence-corrected chi connectivity index (χ0v) is 17.7. The van der Waals surface area contributed by atoms with Gasteiger partial charge in [0.1, 0.15) is 5.97 Å². The minimum atomic E-state index is -1.42. The van der Waals surface area contributed by atoms with Gasteiger partial charge in [0, 0.05) is 11.3 Å². The zero-order chi connectivity index (χ0) is 20.8. The molecule has 1 aromatic carbocycles. The van der Waals surface area contributed by atoms with Gasteiger partial charge in [0.15, 0.2) is 17.0 Å². The largest absolute Gasteiger partial charge is 0.540 e. The lowest BCUT2D eigenvalue weighted by molar-refractivity contribution is -0.724. The third kappa shape index (κ3) is 3.40. The minimum Gasteiger partial charge on any atom is -0.540 e. The number of fused-ring (bicyclic) bond motifs is 1. The first-order valence-electron chi connectivity index (χ1n) is 8.81. The van der Waals surface area contributed by atoms with Gasteiger partial charge in [0.05, 0.1) is 23.8 Å². The van der Waals surface area contributed by atoms with Crippen LogP contribution in [0.4, 0.5) is 0 Å². The van der Waals surface area contributed by atoms with Gasteiger partial charge in [-0.25, -0.2) is 4.79 Å². The maximum Gasteiger partial charge on any atom is 0.343 e. The van der Waals surface area contributed by atoms with E-state index in [9.17, 15) is 19.8 Å². The molecule has 2 aromatic rings. The molecule has 11 heteroatoms. The summed E-state index contributed by atoms with van der Waals surface area (Å²) in [7, 11) is 0. The number of hydrogen-bond donors (Lipinski definition) is 2. The van der Waals surface area contributed by atoms with Crippen LogP contribution in [0.1, 0.15) is 13.3 Å². The lowest BCUT2D eigenvalue weighted by Gasteiger charge is -2.46. The molecule has 2 aliphatic heterocycles. The topological polar surface area (TPSA) is 116 Å². The second-order valence-corrected chi connectivity index (χ2v) is 9.58. The molecule has 3 heterocycles. The number of allylic oxidation sites excluding steroid dienone is 1. The SMILES string of the molecule is C[C@@H](O)[C@H]1C(=O)[N+]2(S)C(C(=O)[O-])=C(CCSc3nnc(-c4ccccc4)o3)S[C@H]12. The number of carboxylic acid groups (broad SMARTS) is 1. The molecule has 1 fully saturated rings. The van der Waals surface area contributed by atoms with Crippen LogP contribution < -0.4 is 5.11 Å². The summed E-state index contributed by atoms with van der Waals surface area (Å²) in [6.07, 6.45) is -0.497. The average Bonchev–Trinajstić information content (AvgIpc) is 3.25. The van der Waals surface area contributed by atoms with Gasteiger partial charge in [0.2, 0.25) is 5.89 Å². The fourth-order valence-electron chi connectivity index (χ4n) is 3.48. The van der Waals surface area contributed by atoms with Crippen LogP contribution in [0.2, 0.25) is 0 Å². The van der Waals surface area contributed by atoms with Crippen LogP contribution in [-0.2, 0) is 9.59 Å². The second kappa shape index (κ2) is 7.80. The van der Waals surface area contributed by atoms with Crippen molar-refractivity contribution >= 4 is 48.2 Å². The molecule has 1 unspecified atom stereocenters. The maximum absolute atomic E-state index is 12.5. The van der Waals surface area contributed by atoms with Crippen molar-refractivity contribution in [2.75, 3.05) is 5.75 Å². The molecule has 1 N–H and O–H groups in total. The highest BCUT2D eigenvalue weighted by Crippen LogP contribution is 2.58. The van der Waals surface area contributed by atoms with Crippen LogP contribution in [0, 0.1) is 5.92 Å². The summed E-state index contributed by atoms with van der Waals surface area (Å²) in [6, 6.07) is 9.37. The molecule has 29 heavy (non-hydrogen) atoms. The maximum atomic E-state index is 12.5. The molecular formula is C18H17N3O5S3. The highest BCUT2D eigenvalue weighted by Gasteiger charge is 2.71. The van der Waals surface area contributed by atoms with Gasteiger partial charge < -0.3 is 19.4 Å². The van der Waals surface area contributed by atoms with Gasteiger partial charge in [-0.05, 0) is 25.5 Å². The third-order valence-electron chi connectivity index (χ3n) is 4.86. The quantitative estimate of drug-likeness (QED) is 0.279. The Bertz CT molecular complexity index is 994. The predicted octanol–water partition coefficient (Wildman–Crippen LogP) is 1.45. The monoisotopic (exact) mass is 451 g/mol. The number of aliphatic hydroxyl groups is 1. The summed E-state index contributed by atoms with van der Waals surface area (Å²) in [6.45, 7) is 1.52. The van der Waals surface area contributed by atoms with Crippen LogP contribution in [0.25, 0.3) is 11.5 Å². The summed E-state index contributed by atoms with van der Waals surface area (Å²) in [5, 5.41) is 29.5. The van der Waals surface area contributed by atoms with Crippen LogP contribution in [0.15, 0.2) is 50.6 Å². The van der Waals surface area contributed by atoms with E-state index >= 15 is 0 Å². The highest BCUT2D eigenvalue weighted by atomic mass is 32.2. The van der Waals surface area contributed by atoms with E-state index in [2.05, 4.69) is 23.0 Å². The molecule has 0 spiro atoms. The smallest absolute Gasteiger partial charge is 0.343 e. The van der Waals surface area contributed by atoms with E-state index in [0.29, 0.717) is 28.2 Å². The first-order valence-corrected chi connectivity index (χ1v) is 11.1. The number of aromatic nitrogens is 2. The minimum absolute atomic E-state index is 0.138. The normalized spacial score (nSPS) is 26.9. The van der Waals surface area contributed by atoms with Crippen molar-refractivity contribution in [2.24, 2.45) is 5.92 Å². The summed E-state index contributed by atoms with van der Waals surface area (Å²) < 4.78 is 5.01. The second-order valence-electron chi connectivity index (χ2n) is 6.70. The molecule has 0 aliphatic carbocycles. The number of carbonyl (C=O) groups excluding carboxylic acids is 2. The molecule has 1 saturated heterocycles. The van der Waals surface area contributed by atoms with Gasteiger partial charge in [-0.3, -0.25) is 0 Å². The molecule has 4 rings (SSSR count).